The maximum Gasteiger partial charge on any atom is 0.291 e. The van der Waals surface area contributed by atoms with Crippen LogP contribution >= 0.6 is 0 Å². The Labute approximate surface area is 169 Å². The summed E-state index contributed by atoms with van der Waals surface area (Å²) in [6.07, 6.45) is 2.50. The number of halogens is 1. The highest BCUT2D eigenvalue weighted by Crippen LogP contribution is 2.40. The van der Waals surface area contributed by atoms with Crippen LogP contribution in [0.15, 0.2) is 24.3 Å². The Morgan fingerprint density at radius 1 is 1.21 bits per heavy atom. The first-order valence-electron chi connectivity index (χ1n) is 9.88. The van der Waals surface area contributed by atoms with Crippen molar-refractivity contribution in [1.29, 1.82) is 0 Å². The summed E-state index contributed by atoms with van der Waals surface area (Å²) in [5.74, 6) is -1.10. The number of nitrogens with one attached hydrogen (secondary N) is 1. The van der Waals surface area contributed by atoms with Crippen molar-refractivity contribution in [3.05, 3.63) is 41.7 Å². The Bertz CT molecular complexity index is 925. The molecule has 3 N–H and O–H groups in total. The van der Waals surface area contributed by atoms with E-state index in [4.69, 9.17) is 5.73 Å². The van der Waals surface area contributed by atoms with Crippen LogP contribution in [0.1, 0.15) is 75.7 Å². The lowest BCUT2D eigenvalue weighted by molar-refractivity contribution is -0.126. The van der Waals surface area contributed by atoms with Gasteiger partial charge < -0.3 is 11.1 Å². The number of nitrogens with two attached hydrogens (primary N) is 1. The van der Waals surface area contributed by atoms with Gasteiger partial charge in [0, 0.05) is 5.92 Å². The average Bonchev–Trinajstić information content (AvgIpc) is 3.09. The molecule has 1 aromatic heterocycles. The minimum Gasteiger partial charge on any atom is -0.368 e. The zero-order chi connectivity index (χ0) is 21.4. The van der Waals surface area contributed by atoms with E-state index in [-0.39, 0.29) is 17.2 Å². The normalized spacial score (nSPS) is 17.9. The highest BCUT2D eigenvalue weighted by molar-refractivity contribution is 5.96. The summed E-state index contributed by atoms with van der Waals surface area (Å²) >= 11 is 0. The van der Waals surface area contributed by atoms with E-state index < -0.39 is 23.2 Å². The molecule has 2 amide bonds. The Morgan fingerprint density at radius 3 is 2.41 bits per heavy atom. The molecule has 8 heteroatoms. The summed E-state index contributed by atoms with van der Waals surface area (Å²) < 4.78 is 15.1. The largest absolute Gasteiger partial charge is 0.368 e. The van der Waals surface area contributed by atoms with Gasteiger partial charge in [-0.05, 0) is 49.3 Å². The molecule has 0 radical (unpaired) electrons. The lowest BCUT2D eigenvalue weighted by Gasteiger charge is -2.41. The number of aromatic nitrogens is 3. The van der Waals surface area contributed by atoms with Gasteiger partial charge in [-0.15, -0.1) is 5.10 Å². The van der Waals surface area contributed by atoms with Gasteiger partial charge in [0.1, 0.15) is 17.2 Å². The minimum atomic E-state index is -1.10. The van der Waals surface area contributed by atoms with Crippen LogP contribution in [0.2, 0.25) is 0 Å². The van der Waals surface area contributed by atoms with Crippen molar-refractivity contribution in [1.82, 2.24) is 20.1 Å². The first-order valence-corrected chi connectivity index (χ1v) is 9.88. The molecule has 1 heterocycles. The summed E-state index contributed by atoms with van der Waals surface area (Å²) in [6, 6.07) is 5.93. The van der Waals surface area contributed by atoms with E-state index in [0.29, 0.717) is 24.4 Å². The zero-order valence-electron chi connectivity index (χ0n) is 17.3. The first kappa shape index (κ1) is 21.0. The number of nitrogens with zero attached hydrogens (tertiary/aromatic N) is 3. The molecule has 0 unspecified atom stereocenters. The fourth-order valence-electron chi connectivity index (χ4n) is 3.65. The molecule has 0 spiro atoms. The third-order valence-corrected chi connectivity index (χ3v) is 5.69. The highest BCUT2D eigenvalue weighted by Gasteiger charge is 2.44. The first-order chi connectivity index (χ1) is 13.5. The monoisotopic (exact) mass is 401 g/mol. The van der Waals surface area contributed by atoms with E-state index in [0.717, 1.165) is 12.8 Å². The maximum absolute atomic E-state index is 13.7. The van der Waals surface area contributed by atoms with Crippen LogP contribution in [-0.2, 0) is 4.79 Å². The molecule has 0 atom stereocenters. The van der Waals surface area contributed by atoms with Crippen LogP contribution in [-0.4, -0.2) is 32.1 Å². The van der Waals surface area contributed by atoms with Crippen LogP contribution in [0.25, 0.3) is 5.69 Å². The van der Waals surface area contributed by atoms with Gasteiger partial charge in [-0.2, -0.15) is 0 Å². The predicted molar refractivity (Wildman–Crippen MR) is 107 cm³/mol. The van der Waals surface area contributed by atoms with E-state index in [1.54, 1.807) is 12.1 Å². The third-order valence-electron chi connectivity index (χ3n) is 5.69. The summed E-state index contributed by atoms with van der Waals surface area (Å²) in [6.45, 7) is 8.10. The molecule has 1 aliphatic carbocycles. The van der Waals surface area contributed by atoms with Crippen molar-refractivity contribution in [3.63, 3.8) is 0 Å². The zero-order valence-corrected chi connectivity index (χ0v) is 17.3. The number of primary amides is 1. The van der Waals surface area contributed by atoms with Crippen LogP contribution in [0.3, 0.4) is 0 Å². The van der Waals surface area contributed by atoms with Crippen LogP contribution in [0.5, 0.6) is 0 Å². The van der Waals surface area contributed by atoms with Crippen molar-refractivity contribution in [2.24, 2.45) is 11.1 Å². The van der Waals surface area contributed by atoms with Gasteiger partial charge in [0.15, 0.2) is 0 Å². The predicted octanol–water partition coefficient (Wildman–Crippen LogP) is 3.08. The van der Waals surface area contributed by atoms with Gasteiger partial charge in [-0.25, -0.2) is 14.1 Å². The van der Waals surface area contributed by atoms with E-state index in [1.807, 2.05) is 13.8 Å². The molecule has 0 bridgehead atoms. The molecule has 0 saturated heterocycles. The molecule has 0 aliphatic heterocycles. The van der Waals surface area contributed by atoms with E-state index in [1.165, 1.54) is 16.8 Å². The molecule has 2 aromatic rings. The Morgan fingerprint density at radius 2 is 1.86 bits per heavy atom. The Balaban J connectivity index is 1.91. The number of carbonyl (C=O) groups excluding carboxylic acids is 2. The Hall–Kier alpha value is -2.77. The topological polar surface area (TPSA) is 103 Å². The lowest BCUT2D eigenvalue weighted by atomic mass is 9.69. The number of amides is 2. The standard InChI is InChI=1S/C21H28FN5O2/c1-13(2)17-24-16(26-27(17)15-7-5-6-14(22)12-15)18(28)25-21(19(23)29)10-8-20(3,4)9-11-21/h5-7,12-13H,8-11H2,1-4H3,(H2,23,29)(H,25,28). The second-order valence-electron chi connectivity index (χ2n) is 8.90. The second-order valence-corrected chi connectivity index (χ2v) is 8.90. The molecule has 1 aromatic carbocycles. The Kier molecular flexibility index (Phi) is 5.47. The van der Waals surface area contributed by atoms with Gasteiger partial charge in [0.05, 0.1) is 5.69 Å². The quantitative estimate of drug-likeness (QED) is 0.803. The molecule has 1 aliphatic rings. The number of carbonyl (C=O) groups is 2. The summed E-state index contributed by atoms with van der Waals surface area (Å²) in [7, 11) is 0. The second kappa shape index (κ2) is 7.57. The third kappa shape index (κ3) is 4.31. The van der Waals surface area contributed by atoms with Gasteiger partial charge in [-0.1, -0.05) is 33.8 Å². The van der Waals surface area contributed by atoms with E-state index in [2.05, 4.69) is 29.2 Å². The molecule has 7 nitrogen and oxygen atoms in total. The van der Waals surface area contributed by atoms with E-state index >= 15 is 0 Å². The molecular formula is C21H28FN5O2. The summed E-state index contributed by atoms with van der Waals surface area (Å²) in [5, 5.41) is 7.10. The summed E-state index contributed by atoms with van der Waals surface area (Å²) in [4.78, 5) is 29.5. The van der Waals surface area contributed by atoms with Gasteiger partial charge in [0.2, 0.25) is 11.7 Å². The number of benzene rings is 1. The van der Waals surface area contributed by atoms with Crippen molar-refractivity contribution in [2.45, 2.75) is 64.8 Å². The van der Waals surface area contributed by atoms with Crippen molar-refractivity contribution in [3.8, 4) is 5.69 Å². The smallest absolute Gasteiger partial charge is 0.291 e. The molecule has 1 fully saturated rings. The molecule has 1 saturated carbocycles. The summed E-state index contributed by atoms with van der Waals surface area (Å²) in [5.41, 5.74) is 5.14. The minimum absolute atomic E-state index is 0.0482. The highest BCUT2D eigenvalue weighted by atomic mass is 19.1. The fourth-order valence-corrected chi connectivity index (χ4v) is 3.65. The molecular weight excluding hydrogens is 373 g/mol. The van der Waals surface area contributed by atoms with E-state index in [9.17, 15) is 14.0 Å². The van der Waals surface area contributed by atoms with Crippen molar-refractivity contribution < 1.29 is 14.0 Å². The lowest BCUT2D eigenvalue weighted by Crippen LogP contribution is -2.59. The molecule has 156 valence electrons. The molecule has 3 rings (SSSR count). The van der Waals surface area contributed by atoms with Crippen LogP contribution < -0.4 is 11.1 Å². The van der Waals surface area contributed by atoms with Crippen molar-refractivity contribution >= 4 is 11.8 Å². The van der Waals surface area contributed by atoms with Crippen LogP contribution in [0, 0.1) is 11.2 Å². The SMILES string of the molecule is CC(C)c1nc(C(=O)NC2(C(N)=O)CCC(C)(C)CC2)nn1-c1cccc(F)c1. The number of hydrogen-bond acceptors (Lipinski definition) is 4. The maximum atomic E-state index is 13.7. The van der Waals surface area contributed by atoms with Gasteiger partial charge in [0.25, 0.3) is 5.91 Å². The fraction of sp³-hybridized carbons (Fsp3) is 0.524. The number of rotatable bonds is 5. The molecule has 29 heavy (non-hydrogen) atoms. The number of hydrogen-bond donors (Lipinski definition) is 2. The average molecular weight is 401 g/mol. The van der Waals surface area contributed by atoms with Crippen molar-refractivity contribution in [2.75, 3.05) is 0 Å². The van der Waals surface area contributed by atoms with Crippen LogP contribution in [0.4, 0.5) is 4.39 Å². The van der Waals surface area contributed by atoms with Gasteiger partial charge in [-0.3, -0.25) is 9.59 Å². The van der Waals surface area contributed by atoms with Gasteiger partial charge >= 0.3 is 0 Å².